The topological polar surface area (TPSA) is 51.0 Å². The lowest BCUT2D eigenvalue weighted by atomic mass is 10.0. The second-order valence-electron chi connectivity index (χ2n) is 5.69. The largest absolute Gasteiger partial charge is 0.370 e. The molecule has 4 heteroatoms. The van der Waals surface area contributed by atoms with E-state index >= 15 is 0 Å². The lowest BCUT2D eigenvalue weighted by molar-refractivity contribution is -0.138. The van der Waals surface area contributed by atoms with Gasteiger partial charge in [-0.15, -0.1) is 0 Å². The van der Waals surface area contributed by atoms with Gasteiger partial charge in [0.15, 0.2) is 12.0 Å². The zero-order chi connectivity index (χ0) is 15.2. The van der Waals surface area contributed by atoms with Gasteiger partial charge in [0.05, 0.1) is 0 Å². The van der Waals surface area contributed by atoms with Gasteiger partial charge >= 0.3 is 0 Å². The second kappa shape index (κ2) is 7.91. The Labute approximate surface area is 122 Å². The SMILES string of the molecule is CCOC(CCC1=C(C)CC/C1=N\C(C)(C)O)OCC. The van der Waals surface area contributed by atoms with E-state index in [1.807, 2.05) is 13.8 Å². The van der Waals surface area contributed by atoms with Gasteiger partial charge in [-0.3, -0.25) is 4.99 Å². The number of hydrogen-bond donors (Lipinski definition) is 1. The van der Waals surface area contributed by atoms with Gasteiger partial charge in [0, 0.05) is 25.3 Å². The van der Waals surface area contributed by atoms with Gasteiger partial charge in [-0.2, -0.15) is 0 Å². The lowest BCUT2D eigenvalue weighted by Crippen LogP contribution is -2.20. The van der Waals surface area contributed by atoms with Gasteiger partial charge < -0.3 is 14.6 Å². The molecule has 0 aliphatic heterocycles. The van der Waals surface area contributed by atoms with E-state index in [2.05, 4.69) is 11.9 Å². The first-order valence-electron chi connectivity index (χ1n) is 7.60. The minimum absolute atomic E-state index is 0.144. The third-order valence-electron chi connectivity index (χ3n) is 3.34. The van der Waals surface area contributed by atoms with Crippen molar-refractivity contribution in [3.8, 4) is 0 Å². The fourth-order valence-corrected chi connectivity index (χ4v) is 2.51. The summed E-state index contributed by atoms with van der Waals surface area (Å²) in [5.41, 5.74) is 2.70. The zero-order valence-electron chi connectivity index (χ0n) is 13.5. The number of allylic oxidation sites excluding steroid dienone is 2. The predicted molar refractivity (Wildman–Crippen MR) is 81.9 cm³/mol. The van der Waals surface area contributed by atoms with Crippen molar-refractivity contribution < 1.29 is 14.6 Å². The molecule has 116 valence electrons. The molecule has 0 aromatic heterocycles. The average molecular weight is 283 g/mol. The molecule has 0 spiro atoms. The van der Waals surface area contributed by atoms with Crippen LogP contribution in [0.4, 0.5) is 0 Å². The summed E-state index contributed by atoms with van der Waals surface area (Å²) in [6.07, 6.45) is 3.55. The van der Waals surface area contributed by atoms with E-state index in [1.54, 1.807) is 13.8 Å². The summed E-state index contributed by atoms with van der Waals surface area (Å²) in [5, 5.41) is 9.87. The molecule has 0 saturated heterocycles. The molecule has 0 unspecified atom stereocenters. The van der Waals surface area contributed by atoms with E-state index < -0.39 is 5.72 Å². The molecule has 0 radical (unpaired) electrons. The van der Waals surface area contributed by atoms with Crippen molar-refractivity contribution in [1.82, 2.24) is 0 Å². The Morgan fingerprint density at radius 2 is 1.80 bits per heavy atom. The van der Waals surface area contributed by atoms with Crippen LogP contribution in [0.1, 0.15) is 60.3 Å². The molecular formula is C16H29NO3. The third-order valence-corrected chi connectivity index (χ3v) is 3.34. The maximum absolute atomic E-state index is 9.87. The first-order chi connectivity index (χ1) is 9.37. The van der Waals surface area contributed by atoms with E-state index in [4.69, 9.17) is 9.47 Å². The standard InChI is InChI=1S/C16H29NO3/c1-6-19-15(20-7-2)11-9-13-12(3)8-10-14(13)17-16(4,5)18/h15,18H,6-11H2,1-5H3/b17-14+. The van der Waals surface area contributed by atoms with Crippen LogP contribution in [0.5, 0.6) is 0 Å². The van der Waals surface area contributed by atoms with Crippen molar-refractivity contribution in [2.24, 2.45) is 4.99 Å². The molecule has 0 aromatic carbocycles. The number of hydrogen-bond acceptors (Lipinski definition) is 4. The van der Waals surface area contributed by atoms with Crippen LogP contribution in [0.15, 0.2) is 16.1 Å². The first-order valence-corrected chi connectivity index (χ1v) is 7.60. The van der Waals surface area contributed by atoms with E-state index in [-0.39, 0.29) is 6.29 Å². The van der Waals surface area contributed by atoms with Gasteiger partial charge in [0.2, 0.25) is 0 Å². The normalized spacial score (nSPS) is 18.6. The quantitative estimate of drug-likeness (QED) is 0.694. The van der Waals surface area contributed by atoms with Crippen molar-refractivity contribution in [1.29, 1.82) is 0 Å². The van der Waals surface area contributed by atoms with Gasteiger partial charge in [-0.25, -0.2) is 0 Å². The predicted octanol–water partition coefficient (Wildman–Crippen LogP) is 3.45. The van der Waals surface area contributed by atoms with Gasteiger partial charge in [-0.1, -0.05) is 5.57 Å². The van der Waals surface area contributed by atoms with Crippen LogP contribution in [0, 0.1) is 0 Å². The lowest BCUT2D eigenvalue weighted by Gasteiger charge is -2.19. The molecule has 1 aliphatic carbocycles. The summed E-state index contributed by atoms with van der Waals surface area (Å²) in [6, 6.07) is 0. The monoisotopic (exact) mass is 283 g/mol. The molecule has 4 nitrogen and oxygen atoms in total. The Morgan fingerprint density at radius 3 is 2.30 bits per heavy atom. The highest BCUT2D eigenvalue weighted by Gasteiger charge is 2.22. The summed E-state index contributed by atoms with van der Waals surface area (Å²) in [6.45, 7) is 10.9. The minimum Gasteiger partial charge on any atom is -0.370 e. The Hall–Kier alpha value is -0.710. The van der Waals surface area contributed by atoms with Crippen molar-refractivity contribution in [3.63, 3.8) is 0 Å². The highest BCUT2D eigenvalue weighted by Crippen LogP contribution is 2.29. The highest BCUT2D eigenvalue weighted by molar-refractivity contribution is 6.03. The Balaban J connectivity index is 2.68. The molecule has 0 saturated carbocycles. The zero-order valence-corrected chi connectivity index (χ0v) is 13.5. The number of nitrogens with zero attached hydrogens (tertiary/aromatic N) is 1. The maximum atomic E-state index is 9.87. The van der Waals surface area contributed by atoms with Crippen molar-refractivity contribution in [2.45, 2.75) is 72.3 Å². The van der Waals surface area contributed by atoms with Crippen LogP contribution >= 0.6 is 0 Å². The van der Waals surface area contributed by atoms with E-state index in [1.165, 1.54) is 11.1 Å². The van der Waals surface area contributed by atoms with Crippen LogP contribution in [0.25, 0.3) is 0 Å². The molecule has 1 aliphatic rings. The molecule has 1 rings (SSSR count). The molecule has 1 N–H and O–H groups in total. The Bertz CT molecular complexity index is 360. The molecule has 0 fully saturated rings. The average Bonchev–Trinajstić information content (AvgIpc) is 2.66. The maximum Gasteiger partial charge on any atom is 0.157 e. The Kier molecular flexibility index (Phi) is 6.86. The van der Waals surface area contributed by atoms with E-state index in [0.29, 0.717) is 13.2 Å². The van der Waals surface area contributed by atoms with Crippen LogP contribution in [-0.4, -0.2) is 36.0 Å². The number of ether oxygens (including phenoxy) is 2. The molecule has 20 heavy (non-hydrogen) atoms. The summed E-state index contributed by atoms with van der Waals surface area (Å²) in [4.78, 5) is 4.44. The van der Waals surface area contributed by atoms with E-state index in [0.717, 1.165) is 31.4 Å². The van der Waals surface area contributed by atoms with Crippen molar-refractivity contribution in [3.05, 3.63) is 11.1 Å². The van der Waals surface area contributed by atoms with Crippen molar-refractivity contribution in [2.75, 3.05) is 13.2 Å². The molecule has 0 heterocycles. The van der Waals surface area contributed by atoms with Gasteiger partial charge in [-0.05, 0) is 59.5 Å². The summed E-state index contributed by atoms with van der Waals surface area (Å²) in [7, 11) is 0. The van der Waals surface area contributed by atoms with Gasteiger partial charge in [0.1, 0.15) is 0 Å². The molecular weight excluding hydrogens is 254 g/mol. The van der Waals surface area contributed by atoms with Crippen LogP contribution < -0.4 is 0 Å². The second-order valence-corrected chi connectivity index (χ2v) is 5.69. The smallest absolute Gasteiger partial charge is 0.157 e. The molecule has 0 amide bonds. The van der Waals surface area contributed by atoms with Crippen LogP contribution in [0.2, 0.25) is 0 Å². The molecule has 0 atom stereocenters. The van der Waals surface area contributed by atoms with Crippen LogP contribution in [0.3, 0.4) is 0 Å². The summed E-state index contributed by atoms with van der Waals surface area (Å²) in [5.74, 6) is 0. The molecule has 0 aromatic rings. The Morgan fingerprint density at radius 1 is 1.20 bits per heavy atom. The summed E-state index contributed by atoms with van der Waals surface area (Å²) >= 11 is 0. The fraction of sp³-hybridized carbons (Fsp3) is 0.812. The summed E-state index contributed by atoms with van der Waals surface area (Å²) < 4.78 is 11.2. The third kappa shape index (κ3) is 5.73. The fourth-order valence-electron chi connectivity index (χ4n) is 2.51. The van der Waals surface area contributed by atoms with Gasteiger partial charge in [0.25, 0.3) is 0 Å². The highest BCUT2D eigenvalue weighted by atomic mass is 16.7. The van der Waals surface area contributed by atoms with E-state index in [9.17, 15) is 5.11 Å². The molecule has 0 bridgehead atoms. The number of aliphatic hydroxyl groups is 1. The van der Waals surface area contributed by atoms with Crippen molar-refractivity contribution >= 4 is 5.71 Å². The number of rotatable bonds is 8. The minimum atomic E-state index is -0.996. The number of aliphatic imine (C=N–C) groups is 1. The first kappa shape index (κ1) is 17.3. The van der Waals surface area contributed by atoms with Crippen LogP contribution in [-0.2, 0) is 9.47 Å².